The molecule has 0 radical (unpaired) electrons. The summed E-state index contributed by atoms with van der Waals surface area (Å²) in [5.41, 5.74) is 0. The fourth-order valence-corrected chi connectivity index (χ4v) is 3.03. The van der Waals surface area contributed by atoms with Gasteiger partial charge in [-0.1, -0.05) is 0 Å². The van der Waals surface area contributed by atoms with Crippen LogP contribution in [0, 0.1) is 0 Å². The summed E-state index contributed by atoms with van der Waals surface area (Å²) in [6.07, 6.45) is -1.41. The number of halogens is 1. The van der Waals surface area contributed by atoms with Crippen molar-refractivity contribution in [3.63, 3.8) is 0 Å². The molecule has 0 aliphatic rings. The fourth-order valence-electron chi connectivity index (χ4n) is 0.939. The molecule has 1 amide bonds. The zero-order valence-electron chi connectivity index (χ0n) is 9.93. The van der Waals surface area contributed by atoms with Gasteiger partial charge in [0.25, 0.3) is 0 Å². The molecule has 2 N–H and O–H groups in total. The molecule has 0 saturated carbocycles. The summed E-state index contributed by atoms with van der Waals surface area (Å²) in [5, 5.41) is 8.73. The first-order chi connectivity index (χ1) is 8.27. The van der Waals surface area contributed by atoms with Crippen molar-refractivity contribution in [2.75, 3.05) is 0 Å². The number of ether oxygens (including phenoxy) is 2. The molecule has 102 valence electrons. The molecule has 10 heteroatoms. The van der Waals surface area contributed by atoms with Gasteiger partial charge in [0.05, 0.1) is 0 Å². The van der Waals surface area contributed by atoms with Gasteiger partial charge in [-0.3, -0.25) is 0 Å². The minimum absolute atomic E-state index is 0.298. The SMILES string of the molecule is CC(=O)O[C@@H]([I-]C(=O)O)[C@@H](OC(C)=O)C(=O)[NH][AlH2]. The molecule has 0 unspecified atom stereocenters. The number of rotatable bonds is 6. The van der Waals surface area contributed by atoms with Crippen molar-refractivity contribution in [2.24, 2.45) is 0 Å². The van der Waals surface area contributed by atoms with Gasteiger partial charge in [-0.15, -0.1) is 0 Å². The summed E-state index contributed by atoms with van der Waals surface area (Å²) in [5.74, 6) is -2.15. The van der Waals surface area contributed by atoms with E-state index in [4.69, 9.17) is 14.6 Å². The second-order valence-corrected chi connectivity index (χ2v) is 6.24. The van der Waals surface area contributed by atoms with Crippen molar-refractivity contribution in [2.45, 2.75) is 24.1 Å². The monoisotopic (exact) mass is 388 g/mol. The Bertz CT molecular complexity index is 345. The summed E-state index contributed by atoms with van der Waals surface area (Å²) in [6, 6.07) is 0. The molecule has 18 heavy (non-hydrogen) atoms. The van der Waals surface area contributed by atoms with Crippen molar-refractivity contribution in [3.05, 3.63) is 0 Å². The van der Waals surface area contributed by atoms with Crippen LogP contribution < -0.4 is 25.5 Å². The number of amides is 1. The second-order valence-electron chi connectivity index (χ2n) is 2.97. The first kappa shape index (κ1) is 17.1. The Balaban J connectivity index is 5.03. The number of carboxylic acid groups (broad SMARTS) is 1. The van der Waals surface area contributed by atoms with Crippen LogP contribution in [-0.4, -0.2) is 53.7 Å². The quantitative estimate of drug-likeness (QED) is 0.154. The Labute approximate surface area is 121 Å². The zero-order valence-corrected chi connectivity index (χ0v) is 14.1. The minimum atomic E-state index is -1.70. The fraction of sp³-hybridized carbons (Fsp3) is 0.500. The van der Waals surface area contributed by atoms with Crippen LogP contribution in [0.1, 0.15) is 13.8 Å². The van der Waals surface area contributed by atoms with Gasteiger partial charge in [0.1, 0.15) is 0 Å². The average Bonchev–Trinajstić information content (AvgIpc) is 2.22. The van der Waals surface area contributed by atoms with E-state index in [0.717, 1.165) is 13.8 Å². The van der Waals surface area contributed by atoms with Crippen LogP contribution in [-0.2, 0) is 23.9 Å². The number of carbonyl (C=O) groups is 4. The van der Waals surface area contributed by atoms with E-state index in [1.165, 1.54) is 0 Å². The van der Waals surface area contributed by atoms with E-state index in [1.807, 2.05) is 0 Å². The van der Waals surface area contributed by atoms with Crippen LogP contribution >= 0.6 is 0 Å². The third-order valence-electron chi connectivity index (χ3n) is 1.52. The molecule has 0 bridgehead atoms. The van der Waals surface area contributed by atoms with Crippen LogP contribution in [0.15, 0.2) is 0 Å². The summed E-state index contributed by atoms with van der Waals surface area (Å²) in [6.45, 7) is 2.17. The van der Waals surface area contributed by atoms with E-state index in [-0.39, 0.29) is 0 Å². The molecule has 0 rings (SSSR count). The van der Waals surface area contributed by atoms with Gasteiger partial charge in [-0.25, -0.2) is 0 Å². The predicted molar refractivity (Wildman–Crippen MR) is 55.8 cm³/mol. The Morgan fingerprint density at radius 2 is 1.67 bits per heavy atom. The van der Waals surface area contributed by atoms with E-state index in [1.54, 1.807) is 0 Å². The standard InChI is InChI=1S/C8H11INO7.Al.2H/c1-3(11)16-5(7(10)13)6(9-8(14)15)17-4(2)12;;;/h5-6H,1-2H3,(H3,10,13,14,15);;;/q-1;+1;;/p-1/t5-,6-;;;/m1.../s1. The van der Waals surface area contributed by atoms with Crippen LogP contribution in [0.4, 0.5) is 4.79 Å². The second kappa shape index (κ2) is 8.28. The van der Waals surface area contributed by atoms with E-state index in [9.17, 15) is 19.2 Å². The van der Waals surface area contributed by atoms with Gasteiger partial charge >= 0.3 is 122 Å². The molecule has 2 atom stereocenters. The van der Waals surface area contributed by atoms with Gasteiger partial charge < -0.3 is 0 Å². The third kappa shape index (κ3) is 6.78. The number of carbonyl (C=O) groups excluding carboxylic acids is 3. The van der Waals surface area contributed by atoms with E-state index >= 15 is 0 Å². The number of nitrogens with one attached hydrogen (secondary N) is 1. The predicted octanol–water partition coefficient (Wildman–Crippen LogP) is -4.76. The van der Waals surface area contributed by atoms with E-state index in [0.29, 0.717) is 16.5 Å². The van der Waals surface area contributed by atoms with Crippen molar-refractivity contribution >= 4 is 38.3 Å². The van der Waals surface area contributed by atoms with Gasteiger partial charge in [-0.2, -0.15) is 0 Å². The molecular formula is C8H12AlINO7-. The van der Waals surface area contributed by atoms with Crippen molar-refractivity contribution in [1.82, 2.24) is 4.30 Å². The first-order valence-electron chi connectivity index (χ1n) is 4.70. The molecule has 0 aromatic rings. The van der Waals surface area contributed by atoms with E-state index < -0.39 is 53.2 Å². The third-order valence-corrected chi connectivity index (χ3v) is 4.06. The maximum absolute atomic E-state index is 11.5. The number of hydrogen-bond donors (Lipinski definition) is 2. The summed E-state index contributed by atoms with van der Waals surface area (Å²) in [4.78, 5) is 44.0. The molecule has 0 aliphatic heterocycles. The summed E-state index contributed by atoms with van der Waals surface area (Å²) < 4.78 is 9.42. The number of alkyl halides is 1. The Hall–Kier alpha value is -0.858. The van der Waals surface area contributed by atoms with Gasteiger partial charge in [-0.05, 0) is 0 Å². The molecule has 0 saturated heterocycles. The van der Waals surface area contributed by atoms with Crippen molar-refractivity contribution < 1.29 is 55.0 Å². The molecule has 0 spiro atoms. The van der Waals surface area contributed by atoms with Crippen molar-refractivity contribution in [1.29, 1.82) is 0 Å². The first-order valence-corrected chi connectivity index (χ1v) is 8.02. The molecule has 0 aliphatic carbocycles. The Morgan fingerprint density at radius 3 is 2.00 bits per heavy atom. The Morgan fingerprint density at radius 1 is 1.17 bits per heavy atom. The van der Waals surface area contributed by atoms with Crippen LogP contribution in [0.2, 0.25) is 0 Å². The van der Waals surface area contributed by atoms with Gasteiger partial charge in [0.15, 0.2) is 0 Å². The summed E-state index contributed by atoms with van der Waals surface area (Å²) >= 11 is -1.40. The van der Waals surface area contributed by atoms with E-state index in [2.05, 4.69) is 4.30 Å². The zero-order chi connectivity index (χ0) is 14.3. The number of hydrogen-bond acceptors (Lipinski definition) is 6. The van der Waals surface area contributed by atoms with Crippen LogP contribution in [0.3, 0.4) is 0 Å². The Kier molecular flexibility index (Phi) is 7.89. The topological polar surface area (TPSA) is 119 Å². The normalized spacial score (nSPS) is 13.2. The molecule has 8 nitrogen and oxygen atoms in total. The molecule has 0 heterocycles. The number of esters is 2. The van der Waals surface area contributed by atoms with Crippen LogP contribution in [0.5, 0.6) is 0 Å². The maximum atomic E-state index is 11.5. The molecule has 0 fully saturated rings. The average molecular weight is 388 g/mol. The molecule has 0 aromatic heterocycles. The van der Waals surface area contributed by atoms with Crippen molar-refractivity contribution in [3.8, 4) is 0 Å². The summed E-state index contributed by atoms with van der Waals surface area (Å²) in [7, 11) is 0. The van der Waals surface area contributed by atoms with Gasteiger partial charge in [0, 0.05) is 0 Å². The van der Waals surface area contributed by atoms with Crippen LogP contribution in [0.25, 0.3) is 0 Å². The molecular weight excluding hydrogens is 376 g/mol. The van der Waals surface area contributed by atoms with Gasteiger partial charge in [0.2, 0.25) is 0 Å². The molecule has 0 aromatic carbocycles.